The van der Waals surface area contributed by atoms with Crippen molar-refractivity contribution < 1.29 is 23.5 Å². The van der Waals surface area contributed by atoms with Crippen LogP contribution >= 0.6 is 11.6 Å². The molecule has 0 aromatic heterocycles. The lowest BCUT2D eigenvalue weighted by Crippen LogP contribution is -2.29. The maximum absolute atomic E-state index is 14.2. The van der Waals surface area contributed by atoms with E-state index in [1.807, 2.05) is 0 Å². The molecule has 3 rings (SSSR count). The SMILES string of the molecule is COC(=O)c1c(F)cc(N2C(=O)c3ccccc3C2=O)cc1Cl. The molecule has 0 saturated heterocycles. The fourth-order valence-corrected chi connectivity index (χ4v) is 2.69. The fraction of sp³-hybridized carbons (Fsp3) is 0.0625. The van der Waals surface area contributed by atoms with Crippen LogP contribution in [0.1, 0.15) is 31.1 Å². The number of rotatable bonds is 2. The number of esters is 1. The van der Waals surface area contributed by atoms with Crippen LogP contribution in [0.15, 0.2) is 36.4 Å². The van der Waals surface area contributed by atoms with Gasteiger partial charge in [0.1, 0.15) is 11.4 Å². The molecule has 1 aliphatic heterocycles. The van der Waals surface area contributed by atoms with E-state index in [9.17, 15) is 18.8 Å². The molecule has 116 valence electrons. The van der Waals surface area contributed by atoms with E-state index in [0.717, 1.165) is 18.1 Å². The highest BCUT2D eigenvalue weighted by Gasteiger charge is 2.37. The van der Waals surface area contributed by atoms with Crippen LogP contribution < -0.4 is 4.90 Å². The van der Waals surface area contributed by atoms with E-state index in [-0.39, 0.29) is 21.8 Å². The third-order valence-corrected chi connectivity index (χ3v) is 3.77. The van der Waals surface area contributed by atoms with Crippen molar-refractivity contribution in [2.45, 2.75) is 0 Å². The maximum atomic E-state index is 14.2. The molecule has 7 heteroatoms. The van der Waals surface area contributed by atoms with Gasteiger partial charge in [-0.2, -0.15) is 0 Å². The number of benzene rings is 2. The van der Waals surface area contributed by atoms with Gasteiger partial charge < -0.3 is 4.74 Å². The van der Waals surface area contributed by atoms with Crippen molar-refractivity contribution in [3.05, 3.63) is 63.9 Å². The second-order valence-electron chi connectivity index (χ2n) is 4.77. The minimum Gasteiger partial charge on any atom is -0.465 e. The Morgan fingerprint density at radius 2 is 1.70 bits per heavy atom. The second-order valence-corrected chi connectivity index (χ2v) is 5.17. The Bertz CT molecular complexity index is 807. The van der Waals surface area contributed by atoms with Gasteiger partial charge in [-0.1, -0.05) is 23.7 Å². The van der Waals surface area contributed by atoms with Crippen molar-refractivity contribution in [1.82, 2.24) is 0 Å². The van der Waals surface area contributed by atoms with Gasteiger partial charge in [0.25, 0.3) is 11.8 Å². The first-order valence-corrected chi connectivity index (χ1v) is 6.88. The molecule has 1 aliphatic rings. The lowest BCUT2D eigenvalue weighted by Gasteiger charge is -2.15. The van der Waals surface area contributed by atoms with E-state index < -0.39 is 29.2 Å². The van der Waals surface area contributed by atoms with Gasteiger partial charge in [-0.25, -0.2) is 14.1 Å². The van der Waals surface area contributed by atoms with Crippen molar-refractivity contribution in [3.8, 4) is 0 Å². The number of halogens is 2. The molecule has 2 aromatic carbocycles. The van der Waals surface area contributed by atoms with Crippen molar-refractivity contribution >= 4 is 35.1 Å². The van der Waals surface area contributed by atoms with Crippen molar-refractivity contribution in [1.29, 1.82) is 0 Å². The van der Waals surface area contributed by atoms with Crippen LogP contribution in [-0.4, -0.2) is 24.9 Å². The highest BCUT2D eigenvalue weighted by atomic mass is 35.5. The van der Waals surface area contributed by atoms with Gasteiger partial charge in [-0.15, -0.1) is 0 Å². The Hall–Kier alpha value is -2.73. The standard InChI is InChI=1S/C16H9ClFNO4/c1-23-16(22)13-11(17)6-8(7-12(13)18)19-14(20)9-4-2-3-5-10(9)15(19)21/h2-7H,1H3. The van der Waals surface area contributed by atoms with Gasteiger partial charge in [-0.3, -0.25) is 9.59 Å². The van der Waals surface area contributed by atoms with Crippen LogP contribution in [0.3, 0.4) is 0 Å². The van der Waals surface area contributed by atoms with Gasteiger partial charge in [0.05, 0.1) is 28.9 Å². The molecule has 23 heavy (non-hydrogen) atoms. The molecule has 2 aromatic rings. The summed E-state index contributed by atoms with van der Waals surface area (Å²) in [6.07, 6.45) is 0. The fourth-order valence-electron chi connectivity index (χ4n) is 2.41. The summed E-state index contributed by atoms with van der Waals surface area (Å²) >= 11 is 5.90. The van der Waals surface area contributed by atoms with Crippen LogP contribution in [0.5, 0.6) is 0 Å². The molecule has 0 unspecified atom stereocenters. The zero-order valence-corrected chi connectivity index (χ0v) is 12.6. The minimum absolute atomic E-state index is 0.0497. The number of amides is 2. The Balaban J connectivity index is 2.10. The number of carbonyl (C=O) groups is 3. The number of anilines is 1. The number of nitrogens with zero attached hydrogens (tertiary/aromatic N) is 1. The lowest BCUT2D eigenvalue weighted by atomic mass is 10.1. The van der Waals surface area contributed by atoms with Crippen LogP contribution in [0, 0.1) is 5.82 Å². The largest absolute Gasteiger partial charge is 0.465 e. The summed E-state index contributed by atoms with van der Waals surface area (Å²) in [7, 11) is 1.09. The summed E-state index contributed by atoms with van der Waals surface area (Å²) in [5.41, 5.74) is -0.0435. The molecule has 0 aliphatic carbocycles. The highest BCUT2D eigenvalue weighted by molar-refractivity contribution is 6.36. The van der Waals surface area contributed by atoms with Crippen LogP contribution in [0.2, 0.25) is 5.02 Å². The first-order valence-electron chi connectivity index (χ1n) is 6.51. The summed E-state index contributed by atoms with van der Waals surface area (Å²) < 4.78 is 18.6. The average Bonchev–Trinajstić information content (AvgIpc) is 2.78. The van der Waals surface area contributed by atoms with E-state index in [4.69, 9.17) is 11.6 Å². The van der Waals surface area contributed by atoms with Gasteiger partial charge in [-0.05, 0) is 24.3 Å². The van der Waals surface area contributed by atoms with Crippen molar-refractivity contribution in [2.24, 2.45) is 0 Å². The maximum Gasteiger partial charge on any atom is 0.342 e. The lowest BCUT2D eigenvalue weighted by molar-refractivity contribution is 0.0595. The summed E-state index contributed by atoms with van der Waals surface area (Å²) in [5, 5.41) is -0.247. The number of carbonyl (C=O) groups excluding carboxylic acids is 3. The summed E-state index contributed by atoms with van der Waals surface area (Å²) in [6.45, 7) is 0. The molecular formula is C16H9ClFNO4. The Morgan fingerprint density at radius 3 is 2.17 bits per heavy atom. The summed E-state index contributed by atoms with van der Waals surface area (Å²) in [5.74, 6) is -3.07. The number of methoxy groups -OCH3 is 1. The normalized spacial score (nSPS) is 13.3. The summed E-state index contributed by atoms with van der Waals surface area (Å²) in [4.78, 5) is 37.0. The van der Waals surface area contributed by atoms with Gasteiger partial charge in [0.15, 0.2) is 0 Å². The van der Waals surface area contributed by atoms with Crippen LogP contribution in [-0.2, 0) is 4.74 Å². The monoisotopic (exact) mass is 333 g/mol. The van der Waals surface area contributed by atoms with Crippen LogP contribution in [0.25, 0.3) is 0 Å². The Labute approximate surface area is 135 Å². The molecule has 5 nitrogen and oxygen atoms in total. The number of hydrogen-bond acceptors (Lipinski definition) is 4. The zero-order valence-electron chi connectivity index (χ0n) is 11.8. The van der Waals surface area contributed by atoms with Gasteiger partial charge in [0.2, 0.25) is 0 Å². The van der Waals surface area contributed by atoms with E-state index in [2.05, 4.69) is 4.74 Å². The second kappa shape index (κ2) is 5.48. The molecule has 0 atom stereocenters. The van der Waals surface area contributed by atoms with E-state index >= 15 is 0 Å². The van der Waals surface area contributed by atoms with Crippen molar-refractivity contribution in [2.75, 3.05) is 12.0 Å². The number of imide groups is 1. The summed E-state index contributed by atoms with van der Waals surface area (Å²) in [6, 6.07) is 8.36. The molecule has 0 spiro atoms. The predicted molar refractivity (Wildman–Crippen MR) is 80.3 cm³/mol. The van der Waals surface area contributed by atoms with Crippen molar-refractivity contribution in [3.63, 3.8) is 0 Å². The van der Waals surface area contributed by atoms with Crippen LogP contribution in [0.4, 0.5) is 10.1 Å². The number of ether oxygens (including phenoxy) is 1. The molecule has 2 amide bonds. The molecule has 0 N–H and O–H groups in total. The first kappa shape index (κ1) is 15.2. The third kappa shape index (κ3) is 2.27. The quantitative estimate of drug-likeness (QED) is 0.626. The molecular weight excluding hydrogens is 325 g/mol. The molecule has 0 radical (unpaired) electrons. The average molecular weight is 334 g/mol. The third-order valence-electron chi connectivity index (χ3n) is 3.47. The van der Waals surface area contributed by atoms with Gasteiger partial charge >= 0.3 is 5.97 Å². The van der Waals surface area contributed by atoms with E-state index in [0.29, 0.717) is 0 Å². The van der Waals surface area contributed by atoms with E-state index in [1.165, 1.54) is 18.2 Å². The molecule has 0 fully saturated rings. The minimum atomic E-state index is -0.976. The topological polar surface area (TPSA) is 63.7 Å². The van der Waals surface area contributed by atoms with Gasteiger partial charge in [0, 0.05) is 0 Å². The molecule has 0 saturated carbocycles. The first-order chi connectivity index (χ1) is 11.0. The highest BCUT2D eigenvalue weighted by Crippen LogP contribution is 2.32. The number of fused-ring (bicyclic) bond motifs is 1. The van der Waals surface area contributed by atoms with E-state index in [1.54, 1.807) is 12.1 Å². The molecule has 1 heterocycles. The zero-order chi connectivity index (χ0) is 16.7. The number of hydrogen-bond donors (Lipinski definition) is 0. The Kier molecular flexibility index (Phi) is 3.61. The predicted octanol–water partition coefficient (Wildman–Crippen LogP) is 3.07. The molecule has 0 bridgehead atoms. The smallest absolute Gasteiger partial charge is 0.342 e. The Morgan fingerprint density at radius 1 is 1.13 bits per heavy atom.